The minimum atomic E-state index is -1.58. The predicted octanol–water partition coefficient (Wildman–Crippen LogP) is -0.165. The highest BCUT2D eigenvalue weighted by molar-refractivity contribution is 4.96. The van der Waals surface area contributed by atoms with Crippen LogP contribution in [0.25, 0.3) is 10.4 Å². The van der Waals surface area contributed by atoms with Gasteiger partial charge in [-0.2, -0.15) is 0 Å². The molecule has 0 aliphatic carbocycles. The molecule has 0 unspecified atom stereocenters. The third-order valence-corrected chi connectivity index (χ3v) is 3.08. The Labute approximate surface area is 111 Å². The van der Waals surface area contributed by atoms with Crippen molar-refractivity contribution in [3.63, 3.8) is 0 Å². The first-order valence-corrected chi connectivity index (χ1v) is 5.76. The maximum atomic E-state index is 14.0. The summed E-state index contributed by atoms with van der Waals surface area (Å²) in [6, 6.07) is 1.06. The van der Waals surface area contributed by atoms with Gasteiger partial charge in [0.15, 0.2) is 6.23 Å². The monoisotopic (exact) mass is 285 g/mol. The molecule has 10 heteroatoms. The summed E-state index contributed by atoms with van der Waals surface area (Å²) in [5.74, 6) is 0. The second kappa shape index (κ2) is 5.45. The molecule has 1 saturated heterocycles. The summed E-state index contributed by atoms with van der Waals surface area (Å²) < 4.78 is 20.3. The van der Waals surface area contributed by atoms with E-state index >= 15 is 0 Å². The van der Waals surface area contributed by atoms with Gasteiger partial charge in [-0.15, -0.1) is 0 Å². The van der Waals surface area contributed by atoms with Gasteiger partial charge in [-0.05, 0) is 5.53 Å². The van der Waals surface area contributed by atoms with E-state index in [0.29, 0.717) is 0 Å². The molecule has 2 rings (SSSR count). The molecule has 2 heterocycles. The van der Waals surface area contributed by atoms with E-state index < -0.39 is 35.9 Å². The number of rotatable bonds is 4. The van der Waals surface area contributed by atoms with Gasteiger partial charge >= 0.3 is 5.69 Å². The Balaban J connectivity index is 2.32. The van der Waals surface area contributed by atoms with Gasteiger partial charge in [0.05, 0.1) is 13.2 Å². The van der Waals surface area contributed by atoms with E-state index in [-0.39, 0.29) is 13.0 Å². The minimum absolute atomic E-state index is 0.223. The topological polar surface area (TPSA) is 133 Å². The molecular formula is C10H12FN5O4. The van der Waals surface area contributed by atoms with Crippen molar-refractivity contribution in [1.82, 2.24) is 9.55 Å². The van der Waals surface area contributed by atoms with Crippen LogP contribution in [0.2, 0.25) is 0 Å². The first-order chi connectivity index (χ1) is 9.51. The molecule has 0 amide bonds. The number of halogens is 1. The Morgan fingerprint density at radius 2 is 2.45 bits per heavy atom. The Kier molecular flexibility index (Phi) is 3.89. The van der Waals surface area contributed by atoms with Gasteiger partial charge in [0.2, 0.25) is 0 Å². The van der Waals surface area contributed by atoms with Crippen molar-refractivity contribution in [3.8, 4) is 0 Å². The maximum Gasteiger partial charge on any atom is 0.330 e. The van der Waals surface area contributed by atoms with Crippen molar-refractivity contribution < 1.29 is 14.2 Å². The average Bonchev–Trinajstić information content (AvgIpc) is 2.74. The molecule has 2 N–H and O–H groups in total. The third-order valence-electron chi connectivity index (χ3n) is 3.08. The average molecular weight is 285 g/mol. The van der Waals surface area contributed by atoms with Gasteiger partial charge in [-0.3, -0.25) is 14.3 Å². The lowest BCUT2D eigenvalue weighted by Crippen LogP contribution is -2.38. The Morgan fingerprint density at radius 3 is 3.05 bits per heavy atom. The molecule has 1 aliphatic rings. The second-order valence-electron chi connectivity index (χ2n) is 4.48. The molecular weight excluding hydrogens is 273 g/mol. The van der Waals surface area contributed by atoms with Crippen LogP contribution < -0.4 is 11.2 Å². The standard InChI is InChI=1S/C10H12FN5O4/c11-6-3-10(5-17,4-13-15-12)20-8(6)16-2-1-7(18)14-9(16)19/h1-2,6,8,17H,3-5H2,(H,14,18,19)/t6-,8-,10-/m1/s1. The molecule has 1 aliphatic heterocycles. The van der Waals surface area contributed by atoms with E-state index in [1.807, 2.05) is 4.98 Å². The van der Waals surface area contributed by atoms with Gasteiger partial charge < -0.3 is 9.84 Å². The van der Waals surface area contributed by atoms with Crippen molar-refractivity contribution in [1.29, 1.82) is 0 Å². The van der Waals surface area contributed by atoms with Crippen LogP contribution in [-0.2, 0) is 4.74 Å². The second-order valence-corrected chi connectivity index (χ2v) is 4.48. The number of alkyl halides is 1. The molecule has 1 aromatic heterocycles. The molecule has 0 spiro atoms. The fourth-order valence-electron chi connectivity index (χ4n) is 2.11. The summed E-state index contributed by atoms with van der Waals surface area (Å²) in [7, 11) is 0. The number of nitrogens with one attached hydrogen (secondary N) is 1. The van der Waals surface area contributed by atoms with Crippen LogP contribution in [0, 0.1) is 0 Å². The molecule has 0 aromatic carbocycles. The van der Waals surface area contributed by atoms with E-state index in [4.69, 9.17) is 10.3 Å². The quantitative estimate of drug-likeness (QED) is 0.451. The maximum absolute atomic E-state index is 14.0. The molecule has 108 valence electrons. The number of aliphatic hydroxyl groups is 1. The van der Waals surface area contributed by atoms with E-state index in [1.54, 1.807) is 0 Å². The summed E-state index contributed by atoms with van der Waals surface area (Å²) in [6.07, 6.45) is -1.99. The number of aliphatic hydroxyl groups excluding tert-OH is 1. The minimum Gasteiger partial charge on any atom is -0.393 e. The highest BCUT2D eigenvalue weighted by atomic mass is 19.1. The number of aromatic amines is 1. The lowest BCUT2D eigenvalue weighted by Gasteiger charge is -2.24. The van der Waals surface area contributed by atoms with Gasteiger partial charge in [0.25, 0.3) is 5.56 Å². The van der Waals surface area contributed by atoms with E-state index in [0.717, 1.165) is 16.8 Å². The molecule has 1 fully saturated rings. The highest BCUT2D eigenvalue weighted by Gasteiger charge is 2.47. The van der Waals surface area contributed by atoms with E-state index in [1.165, 1.54) is 0 Å². The summed E-state index contributed by atoms with van der Waals surface area (Å²) in [6.45, 7) is -0.809. The van der Waals surface area contributed by atoms with Crippen LogP contribution in [0.5, 0.6) is 0 Å². The molecule has 1 aromatic rings. The molecule has 3 atom stereocenters. The normalized spacial score (nSPS) is 29.1. The first-order valence-electron chi connectivity index (χ1n) is 5.76. The van der Waals surface area contributed by atoms with Gasteiger partial charge in [0.1, 0.15) is 11.8 Å². The van der Waals surface area contributed by atoms with Crippen LogP contribution in [0.4, 0.5) is 4.39 Å². The van der Waals surface area contributed by atoms with Gasteiger partial charge in [-0.1, -0.05) is 5.11 Å². The van der Waals surface area contributed by atoms with Crippen LogP contribution in [0.3, 0.4) is 0 Å². The predicted molar refractivity (Wildman–Crippen MR) is 64.8 cm³/mol. The lowest BCUT2D eigenvalue weighted by atomic mass is 10.0. The van der Waals surface area contributed by atoms with Crippen molar-refractivity contribution in [2.24, 2.45) is 5.11 Å². The Morgan fingerprint density at radius 1 is 1.70 bits per heavy atom. The molecule has 0 bridgehead atoms. The Hall–Kier alpha value is -2.16. The summed E-state index contributed by atoms with van der Waals surface area (Å²) >= 11 is 0. The number of H-pyrrole nitrogens is 1. The summed E-state index contributed by atoms with van der Waals surface area (Å²) in [5.41, 5.74) is 5.50. The zero-order chi connectivity index (χ0) is 14.8. The molecule has 20 heavy (non-hydrogen) atoms. The number of nitrogens with zero attached hydrogens (tertiary/aromatic N) is 4. The number of ether oxygens (including phenoxy) is 1. The van der Waals surface area contributed by atoms with E-state index in [2.05, 4.69) is 10.0 Å². The SMILES string of the molecule is [N-]=[N+]=NC[C@@]1(CO)C[C@@H](F)[C@H](n2ccc(=O)[nH]c2=O)O1. The van der Waals surface area contributed by atoms with Crippen LogP contribution in [0.1, 0.15) is 12.6 Å². The third kappa shape index (κ3) is 2.57. The summed E-state index contributed by atoms with van der Waals surface area (Å²) in [5, 5.41) is 12.6. The van der Waals surface area contributed by atoms with Crippen molar-refractivity contribution in [3.05, 3.63) is 43.5 Å². The molecule has 9 nitrogen and oxygen atoms in total. The van der Waals surface area contributed by atoms with Crippen LogP contribution in [-0.4, -0.2) is 39.6 Å². The smallest absolute Gasteiger partial charge is 0.330 e. The number of hydrogen-bond donors (Lipinski definition) is 2. The van der Waals surface area contributed by atoms with Crippen LogP contribution >= 0.6 is 0 Å². The van der Waals surface area contributed by atoms with E-state index in [9.17, 15) is 19.1 Å². The van der Waals surface area contributed by atoms with Gasteiger partial charge in [-0.25, -0.2) is 9.18 Å². The van der Waals surface area contributed by atoms with Crippen molar-refractivity contribution in [2.45, 2.75) is 24.4 Å². The molecule has 0 radical (unpaired) electrons. The summed E-state index contributed by atoms with van der Waals surface area (Å²) in [4.78, 5) is 27.1. The first kappa shape index (κ1) is 14.3. The van der Waals surface area contributed by atoms with Crippen LogP contribution in [0.15, 0.2) is 27.0 Å². The number of azide groups is 1. The largest absolute Gasteiger partial charge is 0.393 e. The van der Waals surface area contributed by atoms with Crippen molar-refractivity contribution in [2.75, 3.05) is 13.2 Å². The zero-order valence-electron chi connectivity index (χ0n) is 10.3. The fourth-order valence-corrected chi connectivity index (χ4v) is 2.11. The number of aromatic nitrogens is 2. The number of hydrogen-bond acceptors (Lipinski definition) is 5. The molecule has 0 saturated carbocycles. The highest BCUT2D eigenvalue weighted by Crippen LogP contribution is 2.38. The zero-order valence-corrected chi connectivity index (χ0v) is 10.3. The van der Waals surface area contributed by atoms with Gasteiger partial charge in [0, 0.05) is 23.6 Å². The lowest BCUT2D eigenvalue weighted by molar-refractivity contribution is -0.0999. The van der Waals surface area contributed by atoms with Crippen molar-refractivity contribution >= 4 is 0 Å². The Bertz CT molecular complexity index is 652. The fraction of sp³-hybridized carbons (Fsp3) is 0.600.